The molecule has 16 heavy (non-hydrogen) atoms. The van der Waals surface area contributed by atoms with Crippen LogP contribution in [0.15, 0.2) is 24.3 Å². The average molecular weight is 218 g/mol. The molecule has 0 radical (unpaired) electrons. The maximum atomic E-state index is 9.51. The van der Waals surface area contributed by atoms with Gasteiger partial charge in [0.2, 0.25) is 0 Å². The number of hydrogen-bond acceptors (Lipinski definition) is 2. The Labute approximate surface area is 95.7 Å². The summed E-state index contributed by atoms with van der Waals surface area (Å²) >= 11 is 0. The summed E-state index contributed by atoms with van der Waals surface area (Å²) in [5.41, 5.74) is 2.38. The molecule has 1 aromatic heterocycles. The molecule has 0 atom stereocenters. The molecule has 0 amide bonds. The second-order valence-corrected chi connectivity index (χ2v) is 3.90. The SMILES string of the molecule is CCNCc1cc2ccc(O)cc2n1CC. The van der Waals surface area contributed by atoms with Gasteiger partial charge in [0.1, 0.15) is 5.75 Å². The third kappa shape index (κ3) is 1.91. The highest BCUT2D eigenvalue weighted by atomic mass is 16.3. The Morgan fingerprint density at radius 2 is 2.06 bits per heavy atom. The predicted octanol–water partition coefficient (Wildman–Crippen LogP) is 2.48. The van der Waals surface area contributed by atoms with E-state index in [1.165, 1.54) is 11.1 Å². The first-order chi connectivity index (χ1) is 7.76. The van der Waals surface area contributed by atoms with E-state index in [-0.39, 0.29) is 0 Å². The van der Waals surface area contributed by atoms with E-state index >= 15 is 0 Å². The zero-order valence-electron chi connectivity index (χ0n) is 9.83. The summed E-state index contributed by atoms with van der Waals surface area (Å²) in [4.78, 5) is 0. The van der Waals surface area contributed by atoms with Crippen molar-refractivity contribution in [1.29, 1.82) is 0 Å². The summed E-state index contributed by atoms with van der Waals surface area (Å²) in [7, 11) is 0. The fourth-order valence-electron chi connectivity index (χ4n) is 2.07. The second-order valence-electron chi connectivity index (χ2n) is 3.90. The van der Waals surface area contributed by atoms with Crippen LogP contribution in [0.5, 0.6) is 5.75 Å². The van der Waals surface area contributed by atoms with Crippen LogP contribution >= 0.6 is 0 Å². The second kappa shape index (κ2) is 4.58. The number of phenolic OH excluding ortho intramolecular Hbond substituents is 1. The molecule has 0 bridgehead atoms. The van der Waals surface area contributed by atoms with Crippen molar-refractivity contribution in [3.63, 3.8) is 0 Å². The minimum atomic E-state index is 0.329. The Balaban J connectivity index is 2.49. The van der Waals surface area contributed by atoms with Gasteiger partial charge in [0.25, 0.3) is 0 Å². The smallest absolute Gasteiger partial charge is 0.117 e. The minimum Gasteiger partial charge on any atom is -0.508 e. The van der Waals surface area contributed by atoms with Gasteiger partial charge in [-0.15, -0.1) is 0 Å². The van der Waals surface area contributed by atoms with Crippen molar-refractivity contribution in [1.82, 2.24) is 9.88 Å². The molecule has 2 aromatic rings. The molecule has 3 heteroatoms. The molecule has 1 heterocycles. The van der Waals surface area contributed by atoms with Gasteiger partial charge in [-0.3, -0.25) is 0 Å². The number of phenols is 1. The third-order valence-corrected chi connectivity index (χ3v) is 2.85. The molecular weight excluding hydrogens is 200 g/mol. The number of nitrogens with zero attached hydrogens (tertiary/aromatic N) is 1. The molecule has 0 aliphatic rings. The molecule has 3 nitrogen and oxygen atoms in total. The summed E-state index contributed by atoms with van der Waals surface area (Å²) in [6.45, 7) is 6.99. The van der Waals surface area contributed by atoms with Gasteiger partial charge in [0, 0.05) is 30.2 Å². The largest absolute Gasteiger partial charge is 0.508 e. The summed E-state index contributed by atoms with van der Waals surface area (Å²) in [6.07, 6.45) is 0. The number of aryl methyl sites for hydroxylation is 1. The quantitative estimate of drug-likeness (QED) is 0.827. The Morgan fingerprint density at radius 3 is 2.75 bits per heavy atom. The number of fused-ring (bicyclic) bond motifs is 1. The lowest BCUT2D eigenvalue weighted by Gasteiger charge is -2.08. The molecule has 86 valence electrons. The normalized spacial score (nSPS) is 11.1. The molecule has 0 spiro atoms. The number of aromatic nitrogens is 1. The van der Waals surface area contributed by atoms with E-state index in [2.05, 4.69) is 29.8 Å². The first-order valence-corrected chi connectivity index (χ1v) is 5.78. The molecule has 1 aromatic carbocycles. The molecule has 0 aliphatic heterocycles. The van der Waals surface area contributed by atoms with Crippen molar-refractivity contribution >= 4 is 10.9 Å². The zero-order chi connectivity index (χ0) is 11.5. The van der Waals surface area contributed by atoms with E-state index in [0.717, 1.165) is 25.2 Å². The summed E-state index contributed by atoms with van der Waals surface area (Å²) in [5, 5.41) is 14.0. The van der Waals surface area contributed by atoms with Crippen molar-refractivity contribution in [2.24, 2.45) is 0 Å². The van der Waals surface area contributed by atoms with Gasteiger partial charge >= 0.3 is 0 Å². The predicted molar refractivity (Wildman–Crippen MR) is 66.7 cm³/mol. The lowest BCUT2D eigenvalue weighted by molar-refractivity contribution is 0.476. The topological polar surface area (TPSA) is 37.2 Å². The highest BCUT2D eigenvalue weighted by molar-refractivity contribution is 5.82. The lowest BCUT2D eigenvalue weighted by atomic mass is 10.2. The number of aromatic hydroxyl groups is 1. The average Bonchev–Trinajstić information content (AvgIpc) is 2.63. The number of nitrogens with one attached hydrogen (secondary N) is 1. The Bertz CT molecular complexity index is 488. The highest BCUT2D eigenvalue weighted by Gasteiger charge is 2.07. The number of hydrogen-bond donors (Lipinski definition) is 2. The van der Waals surface area contributed by atoms with Crippen molar-refractivity contribution in [3.05, 3.63) is 30.0 Å². The fourth-order valence-corrected chi connectivity index (χ4v) is 2.07. The van der Waals surface area contributed by atoms with Crippen LogP contribution in [0.2, 0.25) is 0 Å². The van der Waals surface area contributed by atoms with E-state index in [1.807, 2.05) is 12.1 Å². The van der Waals surface area contributed by atoms with E-state index in [9.17, 15) is 5.11 Å². The Hall–Kier alpha value is -1.48. The van der Waals surface area contributed by atoms with Crippen molar-refractivity contribution in [3.8, 4) is 5.75 Å². The van der Waals surface area contributed by atoms with E-state index in [0.29, 0.717) is 5.75 Å². The van der Waals surface area contributed by atoms with E-state index < -0.39 is 0 Å². The van der Waals surface area contributed by atoms with Gasteiger partial charge in [-0.05, 0) is 31.7 Å². The summed E-state index contributed by atoms with van der Waals surface area (Å²) < 4.78 is 2.23. The van der Waals surface area contributed by atoms with Gasteiger partial charge in [0.15, 0.2) is 0 Å². The van der Waals surface area contributed by atoms with Crippen molar-refractivity contribution in [2.45, 2.75) is 26.9 Å². The zero-order valence-corrected chi connectivity index (χ0v) is 9.83. The van der Waals surface area contributed by atoms with Crippen LogP contribution in [-0.2, 0) is 13.1 Å². The molecule has 2 N–H and O–H groups in total. The Morgan fingerprint density at radius 1 is 1.25 bits per heavy atom. The van der Waals surface area contributed by atoms with Gasteiger partial charge in [0.05, 0.1) is 5.52 Å². The maximum absolute atomic E-state index is 9.51. The molecule has 0 unspecified atom stereocenters. The third-order valence-electron chi connectivity index (χ3n) is 2.85. The van der Waals surface area contributed by atoms with E-state index in [4.69, 9.17) is 0 Å². The number of benzene rings is 1. The summed E-state index contributed by atoms with van der Waals surface area (Å²) in [5.74, 6) is 0.329. The first kappa shape index (κ1) is 11.0. The molecule has 0 saturated carbocycles. The van der Waals surface area contributed by atoms with Gasteiger partial charge in [-0.2, -0.15) is 0 Å². The summed E-state index contributed by atoms with van der Waals surface area (Å²) in [6, 6.07) is 7.71. The standard InChI is InChI=1S/C13H18N2O/c1-3-14-9-11-7-10-5-6-12(16)8-13(10)15(11)4-2/h5-8,14,16H,3-4,9H2,1-2H3. The van der Waals surface area contributed by atoms with Crippen LogP contribution in [0, 0.1) is 0 Å². The van der Waals surface area contributed by atoms with Gasteiger partial charge in [-0.25, -0.2) is 0 Å². The molecule has 2 rings (SSSR count). The number of rotatable bonds is 4. The van der Waals surface area contributed by atoms with Gasteiger partial charge < -0.3 is 15.0 Å². The van der Waals surface area contributed by atoms with Crippen LogP contribution < -0.4 is 5.32 Å². The maximum Gasteiger partial charge on any atom is 0.117 e. The van der Waals surface area contributed by atoms with Gasteiger partial charge in [-0.1, -0.05) is 6.92 Å². The lowest BCUT2D eigenvalue weighted by Crippen LogP contribution is -2.14. The molecule has 0 saturated heterocycles. The molecule has 0 fully saturated rings. The molecular formula is C13H18N2O. The van der Waals surface area contributed by atoms with Crippen molar-refractivity contribution in [2.75, 3.05) is 6.54 Å². The Kier molecular flexibility index (Phi) is 3.15. The highest BCUT2D eigenvalue weighted by Crippen LogP contribution is 2.24. The van der Waals surface area contributed by atoms with Crippen LogP contribution in [0.25, 0.3) is 10.9 Å². The van der Waals surface area contributed by atoms with E-state index in [1.54, 1.807) is 6.07 Å². The minimum absolute atomic E-state index is 0.329. The van der Waals surface area contributed by atoms with Crippen LogP contribution in [0.1, 0.15) is 19.5 Å². The first-order valence-electron chi connectivity index (χ1n) is 5.78. The molecule has 0 aliphatic carbocycles. The fraction of sp³-hybridized carbons (Fsp3) is 0.385. The monoisotopic (exact) mass is 218 g/mol. The van der Waals surface area contributed by atoms with Crippen LogP contribution in [0.4, 0.5) is 0 Å². The van der Waals surface area contributed by atoms with Crippen LogP contribution in [0.3, 0.4) is 0 Å². The van der Waals surface area contributed by atoms with Crippen LogP contribution in [-0.4, -0.2) is 16.2 Å². The van der Waals surface area contributed by atoms with Crippen molar-refractivity contribution < 1.29 is 5.11 Å².